The van der Waals surface area contributed by atoms with E-state index < -0.39 is 0 Å². The summed E-state index contributed by atoms with van der Waals surface area (Å²) in [7, 11) is 0. The summed E-state index contributed by atoms with van der Waals surface area (Å²) < 4.78 is 12.0. The Balaban J connectivity index is 1.27. The molecule has 1 aromatic rings. The third-order valence-electron chi connectivity index (χ3n) is 7.60. The van der Waals surface area contributed by atoms with Crippen molar-refractivity contribution in [2.75, 3.05) is 19.6 Å². The van der Waals surface area contributed by atoms with Crippen LogP contribution in [0.25, 0.3) is 0 Å². The molecule has 0 radical (unpaired) electrons. The highest BCUT2D eigenvalue weighted by molar-refractivity contribution is 6.31. The molecule has 0 aromatic heterocycles. The summed E-state index contributed by atoms with van der Waals surface area (Å²) >= 11 is 6.23. The number of halogens is 1. The quantitative estimate of drug-likeness (QED) is 0.526. The van der Waals surface area contributed by atoms with E-state index in [2.05, 4.69) is 0 Å². The SMILES string of the molecule is Cc1c(Cl)cccc1OC1CCC(CCN=C2CCCC2=C(N)C(=O)N2C[C@@H](C)O[C@@H](C)C2)CC1. The van der Waals surface area contributed by atoms with Crippen molar-refractivity contribution in [3.8, 4) is 5.75 Å². The number of carbonyl (C=O) groups excluding carboxylic acids is 1. The van der Waals surface area contributed by atoms with Crippen LogP contribution in [0.3, 0.4) is 0 Å². The second kappa shape index (κ2) is 11.8. The molecule has 2 N–H and O–H groups in total. The average molecular weight is 502 g/mol. The van der Waals surface area contributed by atoms with Crippen LogP contribution >= 0.6 is 11.6 Å². The van der Waals surface area contributed by atoms with E-state index in [1.54, 1.807) is 0 Å². The van der Waals surface area contributed by atoms with Gasteiger partial charge < -0.3 is 20.1 Å². The number of benzene rings is 1. The summed E-state index contributed by atoms with van der Waals surface area (Å²) in [6.45, 7) is 7.99. The molecule has 2 atom stereocenters. The molecule has 3 fully saturated rings. The highest BCUT2D eigenvalue weighted by Gasteiger charge is 2.30. The van der Waals surface area contributed by atoms with E-state index in [-0.39, 0.29) is 24.2 Å². The maximum atomic E-state index is 13.1. The zero-order valence-electron chi connectivity index (χ0n) is 21.4. The molecule has 1 saturated heterocycles. The third-order valence-corrected chi connectivity index (χ3v) is 8.01. The monoisotopic (exact) mass is 501 g/mol. The van der Waals surface area contributed by atoms with Crippen molar-refractivity contribution >= 4 is 23.2 Å². The molecule has 2 aliphatic carbocycles. The second-order valence-corrected chi connectivity index (χ2v) is 10.9. The lowest BCUT2D eigenvalue weighted by molar-refractivity contribution is -0.139. The van der Waals surface area contributed by atoms with E-state index in [9.17, 15) is 4.79 Å². The fourth-order valence-electron chi connectivity index (χ4n) is 5.65. The molecule has 0 spiro atoms. The first-order chi connectivity index (χ1) is 16.8. The zero-order chi connectivity index (χ0) is 24.9. The van der Waals surface area contributed by atoms with E-state index in [0.29, 0.717) is 24.7 Å². The van der Waals surface area contributed by atoms with Crippen LogP contribution in [0.4, 0.5) is 0 Å². The minimum Gasteiger partial charge on any atom is -0.490 e. The van der Waals surface area contributed by atoms with E-state index in [4.69, 9.17) is 31.8 Å². The maximum Gasteiger partial charge on any atom is 0.270 e. The number of allylic oxidation sites excluding steroid dienone is 1. The summed E-state index contributed by atoms with van der Waals surface area (Å²) in [6, 6.07) is 5.86. The Bertz CT molecular complexity index is 958. The maximum absolute atomic E-state index is 13.1. The first-order valence-corrected chi connectivity index (χ1v) is 13.6. The number of amides is 1. The Hall–Kier alpha value is -2.05. The molecule has 0 unspecified atom stereocenters. The fourth-order valence-corrected chi connectivity index (χ4v) is 5.82. The Kier molecular flexibility index (Phi) is 8.77. The molecule has 1 aliphatic heterocycles. The molecule has 192 valence electrons. The van der Waals surface area contributed by atoms with Gasteiger partial charge in [-0.15, -0.1) is 0 Å². The normalized spacial score (nSPS) is 29.9. The molecular formula is C28H40ClN3O3. The van der Waals surface area contributed by atoms with Crippen LogP contribution in [-0.4, -0.2) is 54.5 Å². The van der Waals surface area contributed by atoms with E-state index in [1.807, 2.05) is 43.9 Å². The molecule has 1 aromatic carbocycles. The Morgan fingerprint density at radius 1 is 1.17 bits per heavy atom. The molecule has 3 aliphatic rings. The van der Waals surface area contributed by atoms with E-state index in [1.165, 1.54) is 0 Å². The molecule has 1 amide bonds. The van der Waals surface area contributed by atoms with Crippen LogP contribution < -0.4 is 10.5 Å². The molecule has 1 heterocycles. The van der Waals surface area contributed by atoms with E-state index in [0.717, 1.165) is 85.5 Å². The van der Waals surface area contributed by atoms with Gasteiger partial charge in [-0.05, 0) is 90.2 Å². The van der Waals surface area contributed by atoms with Crippen molar-refractivity contribution in [2.24, 2.45) is 16.6 Å². The van der Waals surface area contributed by atoms with Gasteiger partial charge in [-0.3, -0.25) is 9.79 Å². The number of ether oxygens (including phenoxy) is 2. The largest absolute Gasteiger partial charge is 0.490 e. The van der Waals surface area contributed by atoms with Gasteiger partial charge >= 0.3 is 0 Å². The number of hydrogen-bond donors (Lipinski definition) is 1. The molecular weight excluding hydrogens is 462 g/mol. The van der Waals surface area contributed by atoms with Crippen LogP contribution in [0.5, 0.6) is 5.75 Å². The van der Waals surface area contributed by atoms with Crippen molar-refractivity contribution in [3.05, 3.63) is 40.1 Å². The number of morpholine rings is 1. The molecule has 2 saturated carbocycles. The lowest BCUT2D eigenvalue weighted by Gasteiger charge is -2.35. The van der Waals surface area contributed by atoms with Crippen LogP contribution in [0.15, 0.2) is 34.5 Å². The van der Waals surface area contributed by atoms with Crippen molar-refractivity contribution in [2.45, 2.75) is 90.4 Å². The van der Waals surface area contributed by atoms with Crippen molar-refractivity contribution < 1.29 is 14.3 Å². The first kappa shape index (κ1) is 26.0. The molecule has 0 bridgehead atoms. The first-order valence-electron chi connectivity index (χ1n) is 13.2. The smallest absolute Gasteiger partial charge is 0.270 e. The lowest BCUT2D eigenvalue weighted by atomic mass is 9.85. The van der Waals surface area contributed by atoms with Crippen LogP contribution in [-0.2, 0) is 9.53 Å². The summed E-state index contributed by atoms with van der Waals surface area (Å²) in [4.78, 5) is 19.8. The van der Waals surface area contributed by atoms with E-state index >= 15 is 0 Å². The minimum absolute atomic E-state index is 0.0345. The van der Waals surface area contributed by atoms with Crippen LogP contribution in [0.1, 0.15) is 70.8 Å². The van der Waals surface area contributed by atoms with Gasteiger partial charge in [-0.2, -0.15) is 0 Å². The number of rotatable bonds is 6. The minimum atomic E-state index is -0.0649. The molecule has 35 heavy (non-hydrogen) atoms. The number of nitrogens with two attached hydrogens (primary N) is 1. The van der Waals surface area contributed by atoms with Gasteiger partial charge in [0.25, 0.3) is 5.91 Å². The summed E-state index contributed by atoms with van der Waals surface area (Å²) in [5.74, 6) is 1.51. The summed E-state index contributed by atoms with van der Waals surface area (Å²) in [6.07, 6.45) is 8.63. The average Bonchev–Trinajstić information content (AvgIpc) is 3.30. The number of carbonyl (C=O) groups is 1. The van der Waals surface area contributed by atoms with Crippen molar-refractivity contribution in [3.63, 3.8) is 0 Å². The Labute approximate surface area is 214 Å². The van der Waals surface area contributed by atoms with Gasteiger partial charge in [0, 0.05) is 41.5 Å². The lowest BCUT2D eigenvalue weighted by Crippen LogP contribution is -2.49. The number of nitrogens with zero attached hydrogens (tertiary/aromatic N) is 2. The van der Waals surface area contributed by atoms with Gasteiger partial charge in [0.05, 0.1) is 18.3 Å². The predicted octanol–water partition coefficient (Wildman–Crippen LogP) is 5.45. The Morgan fingerprint density at radius 2 is 1.89 bits per heavy atom. The highest BCUT2D eigenvalue weighted by Crippen LogP contribution is 2.33. The number of hydrogen-bond acceptors (Lipinski definition) is 5. The van der Waals surface area contributed by atoms with Crippen LogP contribution in [0.2, 0.25) is 5.02 Å². The third kappa shape index (κ3) is 6.59. The molecule has 7 heteroatoms. The topological polar surface area (TPSA) is 77.2 Å². The molecule has 4 rings (SSSR count). The second-order valence-electron chi connectivity index (χ2n) is 10.5. The highest BCUT2D eigenvalue weighted by atomic mass is 35.5. The van der Waals surface area contributed by atoms with Gasteiger partial charge in [0.2, 0.25) is 0 Å². The van der Waals surface area contributed by atoms with Gasteiger partial charge in [-0.1, -0.05) is 17.7 Å². The van der Waals surface area contributed by atoms with Gasteiger partial charge in [0.15, 0.2) is 0 Å². The standard InChI is InChI=1S/C28H40ClN3O3/c1-18-16-32(17-19(2)34-18)28(33)27(30)23-6-4-8-25(23)31-15-14-21-10-12-22(13-11-21)35-26-9-5-7-24(29)20(26)3/h5,7,9,18-19,21-22H,4,6,8,10-17,30H2,1-3H3/t18-,19+,21?,22?. The summed E-state index contributed by atoms with van der Waals surface area (Å²) in [5.41, 5.74) is 9.80. The van der Waals surface area contributed by atoms with Crippen molar-refractivity contribution in [1.82, 2.24) is 4.90 Å². The van der Waals surface area contributed by atoms with Gasteiger partial charge in [-0.25, -0.2) is 0 Å². The zero-order valence-corrected chi connectivity index (χ0v) is 22.2. The molecule has 6 nitrogen and oxygen atoms in total. The van der Waals surface area contributed by atoms with Gasteiger partial charge in [0.1, 0.15) is 11.4 Å². The van der Waals surface area contributed by atoms with Crippen LogP contribution in [0, 0.1) is 12.8 Å². The Morgan fingerprint density at radius 3 is 2.60 bits per heavy atom. The van der Waals surface area contributed by atoms with Crippen molar-refractivity contribution in [1.29, 1.82) is 0 Å². The summed E-state index contributed by atoms with van der Waals surface area (Å²) in [5, 5.41) is 0.757. The predicted molar refractivity (Wildman–Crippen MR) is 141 cm³/mol. The fraction of sp³-hybridized carbons (Fsp3) is 0.643. The number of aliphatic imine (C=N–C) groups is 1.